The zero-order valence-corrected chi connectivity index (χ0v) is 9.85. The Morgan fingerprint density at radius 3 is 2.62 bits per heavy atom. The second-order valence-electron chi connectivity index (χ2n) is 3.98. The fourth-order valence-corrected chi connectivity index (χ4v) is 1.75. The molecule has 0 amide bonds. The summed E-state index contributed by atoms with van der Waals surface area (Å²) in [5.41, 5.74) is 1.93. The third-order valence-electron chi connectivity index (χ3n) is 2.56. The average molecular weight is 218 g/mol. The molecule has 1 aromatic rings. The Kier molecular flexibility index (Phi) is 4.81. The van der Waals surface area contributed by atoms with Gasteiger partial charge in [-0.1, -0.05) is 18.2 Å². The lowest BCUT2D eigenvalue weighted by Crippen LogP contribution is -2.32. The fraction of sp³-hybridized carbons (Fsp3) is 0.462. The van der Waals surface area contributed by atoms with Crippen molar-refractivity contribution < 1.29 is 5.11 Å². The summed E-state index contributed by atoms with van der Waals surface area (Å²) in [6.45, 7) is 4.91. The Hall–Kier alpha value is -1.53. The van der Waals surface area contributed by atoms with Crippen molar-refractivity contribution in [1.29, 1.82) is 5.26 Å². The van der Waals surface area contributed by atoms with Gasteiger partial charge in [-0.15, -0.1) is 0 Å². The van der Waals surface area contributed by atoms with Gasteiger partial charge in [0.2, 0.25) is 0 Å². The zero-order valence-electron chi connectivity index (χ0n) is 9.85. The summed E-state index contributed by atoms with van der Waals surface area (Å²) in [6, 6.07) is 10.2. The SMILES string of the molecule is CC(C)N(CCC#N)c1ccccc1CO. The van der Waals surface area contributed by atoms with Crippen molar-refractivity contribution in [1.82, 2.24) is 0 Å². The molecule has 0 radical (unpaired) electrons. The normalized spacial score (nSPS) is 10.2. The van der Waals surface area contributed by atoms with E-state index >= 15 is 0 Å². The van der Waals surface area contributed by atoms with Gasteiger partial charge in [0.1, 0.15) is 0 Å². The van der Waals surface area contributed by atoms with Gasteiger partial charge in [0, 0.05) is 23.8 Å². The van der Waals surface area contributed by atoms with E-state index in [0.29, 0.717) is 19.0 Å². The van der Waals surface area contributed by atoms with Crippen LogP contribution in [0.1, 0.15) is 25.8 Å². The van der Waals surface area contributed by atoms with Crippen molar-refractivity contribution in [3.8, 4) is 6.07 Å². The van der Waals surface area contributed by atoms with E-state index in [1.54, 1.807) is 0 Å². The van der Waals surface area contributed by atoms with Crippen LogP contribution >= 0.6 is 0 Å². The van der Waals surface area contributed by atoms with Crippen LogP contribution in [0.5, 0.6) is 0 Å². The molecule has 0 aromatic heterocycles. The summed E-state index contributed by atoms with van der Waals surface area (Å²) in [4.78, 5) is 2.15. The lowest BCUT2D eigenvalue weighted by Gasteiger charge is -2.29. The first-order valence-electron chi connectivity index (χ1n) is 5.53. The van der Waals surface area contributed by atoms with E-state index < -0.39 is 0 Å². The summed E-state index contributed by atoms with van der Waals surface area (Å²) in [7, 11) is 0. The molecule has 0 saturated carbocycles. The van der Waals surface area contributed by atoms with Crippen molar-refractivity contribution in [2.75, 3.05) is 11.4 Å². The highest BCUT2D eigenvalue weighted by Crippen LogP contribution is 2.22. The predicted octanol–water partition coefficient (Wildman–Crippen LogP) is 2.31. The monoisotopic (exact) mass is 218 g/mol. The summed E-state index contributed by atoms with van der Waals surface area (Å²) in [5.74, 6) is 0. The van der Waals surface area contributed by atoms with Crippen LogP contribution in [0.3, 0.4) is 0 Å². The number of aliphatic hydroxyl groups excluding tert-OH is 1. The largest absolute Gasteiger partial charge is 0.392 e. The molecule has 3 heteroatoms. The fourth-order valence-electron chi connectivity index (χ4n) is 1.75. The molecule has 1 aromatic carbocycles. The first-order chi connectivity index (χ1) is 7.70. The Balaban J connectivity index is 2.96. The van der Waals surface area contributed by atoms with Crippen molar-refractivity contribution >= 4 is 5.69 Å². The number of hydrogen-bond acceptors (Lipinski definition) is 3. The molecule has 0 heterocycles. The summed E-state index contributed by atoms with van der Waals surface area (Å²) in [6.07, 6.45) is 0.498. The minimum atomic E-state index is 0.0337. The molecular weight excluding hydrogens is 200 g/mol. The second kappa shape index (κ2) is 6.14. The maximum atomic E-state index is 9.28. The predicted molar refractivity (Wildman–Crippen MR) is 65.1 cm³/mol. The van der Waals surface area contributed by atoms with Crippen molar-refractivity contribution in [3.63, 3.8) is 0 Å². The number of para-hydroxylation sites is 1. The molecule has 1 N–H and O–H groups in total. The van der Waals surface area contributed by atoms with E-state index in [9.17, 15) is 5.11 Å². The molecule has 3 nitrogen and oxygen atoms in total. The molecule has 1 rings (SSSR count). The first kappa shape index (κ1) is 12.5. The van der Waals surface area contributed by atoms with Gasteiger partial charge in [0.25, 0.3) is 0 Å². The van der Waals surface area contributed by atoms with Gasteiger partial charge < -0.3 is 10.0 Å². The highest BCUT2D eigenvalue weighted by Gasteiger charge is 2.12. The molecule has 0 aliphatic carbocycles. The molecular formula is C13H18N2O. The number of nitriles is 1. The van der Waals surface area contributed by atoms with Crippen LogP contribution in [0.4, 0.5) is 5.69 Å². The van der Waals surface area contributed by atoms with Crippen LogP contribution in [0.15, 0.2) is 24.3 Å². The third kappa shape index (κ3) is 2.98. The zero-order chi connectivity index (χ0) is 12.0. The van der Waals surface area contributed by atoms with Crippen LogP contribution < -0.4 is 4.90 Å². The maximum Gasteiger partial charge on any atom is 0.0702 e. The van der Waals surface area contributed by atoms with Gasteiger partial charge in [0.05, 0.1) is 19.1 Å². The summed E-state index contributed by atoms with van der Waals surface area (Å²) in [5, 5.41) is 17.9. The van der Waals surface area contributed by atoms with Gasteiger partial charge in [-0.3, -0.25) is 0 Å². The first-order valence-corrected chi connectivity index (χ1v) is 5.53. The van der Waals surface area contributed by atoms with Crippen LogP contribution in [0.2, 0.25) is 0 Å². The molecule has 86 valence electrons. The molecule has 0 aliphatic heterocycles. The second-order valence-corrected chi connectivity index (χ2v) is 3.98. The lowest BCUT2D eigenvalue weighted by atomic mass is 10.1. The Bertz CT molecular complexity index is 368. The van der Waals surface area contributed by atoms with E-state index in [0.717, 1.165) is 11.3 Å². The van der Waals surface area contributed by atoms with Gasteiger partial charge >= 0.3 is 0 Å². The van der Waals surface area contributed by atoms with Crippen molar-refractivity contribution in [2.24, 2.45) is 0 Å². The van der Waals surface area contributed by atoms with Crippen LogP contribution in [0.25, 0.3) is 0 Å². The number of rotatable bonds is 5. The number of aliphatic hydroxyl groups is 1. The number of nitrogens with zero attached hydrogens (tertiary/aromatic N) is 2. The van der Waals surface area contributed by atoms with Crippen LogP contribution in [-0.2, 0) is 6.61 Å². The topological polar surface area (TPSA) is 47.3 Å². The van der Waals surface area contributed by atoms with E-state index in [1.165, 1.54) is 0 Å². The van der Waals surface area contributed by atoms with Gasteiger partial charge in [-0.05, 0) is 19.9 Å². The number of anilines is 1. The molecule has 0 aliphatic rings. The van der Waals surface area contributed by atoms with Crippen molar-refractivity contribution in [3.05, 3.63) is 29.8 Å². The molecule has 0 spiro atoms. The highest BCUT2D eigenvalue weighted by molar-refractivity contribution is 5.54. The molecule has 0 bridgehead atoms. The van der Waals surface area contributed by atoms with E-state index in [4.69, 9.17) is 5.26 Å². The molecule has 0 saturated heterocycles. The van der Waals surface area contributed by atoms with E-state index in [1.807, 2.05) is 24.3 Å². The lowest BCUT2D eigenvalue weighted by molar-refractivity contribution is 0.282. The van der Waals surface area contributed by atoms with Gasteiger partial charge in [-0.2, -0.15) is 5.26 Å². The van der Waals surface area contributed by atoms with Gasteiger partial charge in [-0.25, -0.2) is 0 Å². The number of hydrogen-bond donors (Lipinski definition) is 1. The molecule has 16 heavy (non-hydrogen) atoms. The average Bonchev–Trinajstić information content (AvgIpc) is 2.29. The standard InChI is InChI=1S/C13H18N2O/c1-11(2)15(9-5-8-14)13-7-4-3-6-12(13)10-16/h3-4,6-7,11,16H,5,9-10H2,1-2H3. The molecule has 0 fully saturated rings. The Morgan fingerprint density at radius 2 is 2.06 bits per heavy atom. The molecule has 0 unspecified atom stereocenters. The number of benzene rings is 1. The van der Waals surface area contributed by atoms with E-state index in [2.05, 4.69) is 24.8 Å². The van der Waals surface area contributed by atoms with Crippen LogP contribution in [-0.4, -0.2) is 17.7 Å². The van der Waals surface area contributed by atoms with Crippen molar-refractivity contribution in [2.45, 2.75) is 32.9 Å². The summed E-state index contributed by atoms with van der Waals surface area (Å²) >= 11 is 0. The summed E-state index contributed by atoms with van der Waals surface area (Å²) < 4.78 is 0. The smallest absolute Gasteiger partial charge is 0.0702 e. The maximum absolute atomic E-state index is 9.28. The van der Waals surface area contributed by atoms with Gasteiger partial charge in [0.15, 0.2) is 0 Å². The van der Waals surface area contributed by atoms with Crippen LogP contribution in [0, 0.1) is 11.3 Å². The highest BCUT2D eigenvalue weighted by atomic mass is 16.3. The quantitative estimate of drug-likeness (QED) is 0.825. The Morgan fingerprint density at radius 1 is 1.38 bits per heavy atom. The Labute approximate surface area is 96.9 Å². The minimum absolute atomic E-state index is 0.0337. The molecule has 0 atom stereocenters. The minimum Gasteiger partial charge on any atom is -0.392 e. The van der Waals surface area contributed by atoms with E-state index in [-0.39, 0.29) is 6.61 Å². The third-order valence-corrected chi connectivity index (χ3v) is 2.56.